The van der Waals surface area contributed by atoms with Gasteiger partial charge < -0.3 is 0 Å². The molecule has 25 heavy (non-hydrogen) atoms. The van der Waals surface area contributed by atoms with Crippen molar-refractivity contribution in [2.75, 3.05) is 5.43 Å². The molecule has 1 saturated carbocycles. The highest BCUT2D eigenvalue weighted by molar-refractivity contribution is 6.31. The van der Waals surface area contributed by atoms with E-state index in [-0.39, 0.29) is 11.5 Å². The molecule has 0 radical (unpaired) electrons. The number of hydrogen-bond donors (Lipinski definition) is 2. The minimum absolute atomic E-state index is 0.175. The van der Waals surface area contributed by atoms with Crippen LogP contribution in [0.15, 0.2) is 42.5 Å². The second-order valence-corrected chi connectivity index (χ2v) is 6.52. The molecule has 0 unspecified atom stereocenters. The molecular weight excluding hydrogens is 353 g/mol. The molecule has 1 fully saturated rings. The first kappa shape index (κ1) is 17.6. The highest BCUT2D eigenvalue weighted by Gasteiger charge is 2.47. The summed E-state index contributed by atoms with van der Waals surface area (Å²) in [5, 5.41) is 0.558. The number of benzene rings is 2. The molecule has 1 aliphatic rings. The molecule has 0 bridgehead atoms. The van der Waals surface area contributed by atoms with Crippen LogP contribution in [-0.2, 0) is 11.0 Å². The number of amides is 1. The number of alkyl halides is 3. The van der Waals surface area contributed by atoms with Gasteiger partial charge in [-0.3, -0.25) is 15.6 Å². The Morgan fingerprint density at radius 2 is 1.92 bits per heavy atom. The summed E-state index contributed by atoms with van der Waals surface area (Å²) in [6.45, 7) is 1.86. The Morgan fingerprint density at radius 3 is 2.60 bits per heavy atom. The minimum Gasteiger partial charge on any atom is -0.299 e. The molecule has 0 heterocycles. The summed E-state index contributed by atoms with van der Waals surface area (Å²) in [7, 11) is 0. The molecule has 2 aromatic carbocycles. The van der Waals surface area contributed by atoms with E-state index >= 15 is 0 Å². The Labute approximate surface area is 148 Å². The molecular formula is C18H16ClF3N2O. The van der Waals surface area contributed by atoms with Crippen LogP contribution in [0.1, 0.15) is 29.0 Å². The molecule has 0 spiro atoms. The van der Waals surface area contributed by atoms with Crippen molar-refractivity contribution in [3.05, 3.63) is 64.2 Å². The lowest BCUT2D eigenvalue weighted by atomic mass is 10.0. The maximum Gasteiger partial charge on any atom is 0.416 e. The third-order valence-electron chi connectivity index (χ3n) is 4.29. The predicted octanol–water partition coefficient (Wildman–Crippen LogP) is 4.91. The van der Waals surface area contributed by atoms with Crippen LogP contribution >= 0.6 is 11.6 Å². The SMILES string of the molecule is Cc1ccc(NNC(=O)[C@H]2C[C@H]2c2ccccc2C(F)(F)F)cc1Cl. The summed E-state index contributed by atoms with van der Waals surface area (Å²) < 4.78 is 39.2. The van der Waals surface area contributed by atoms with Crippen molar-refractivity contribution in [3.63, 3.8) is 0 Å². The Balaban J connectivity index is 1.64. The van der Waals surface area contributed by atoms with Gasteiger partial charge in [0.25, 0.3) is 0 Å². The van der Waals surface area contributed by atoms with Gasteiger partial charge in [-0.1, -0.05) is 35.9 Å². The smallest absolute Gasteiger partial charge is 0.299 e. The fourth-order valence-electron chi connectivity index (χ4n) is 2.80. The standard InChI is InChI=1S/C18H16ClF3N2O/c1-10-6-7-11(8-16(10)19)23-24-17(25)14-9-13(14)12-4-2-3-5-15(12)18(20,21)22/h2-8,13-14,23H,9H2,1H3,(H,24,25)/t13-,14-/m0/s1. The molecule has 0 aliphatic heterocycles. The quantitative estimate of drug-likeness (QED) is 0.752. The molecule has 2 aromatic rings. The zero-order chi connectivity index (χ0) is 18.2. The fraction of sp³-hybridized carbons (Fsp3) is 0.278. The lowest BCUT2D eigenvalue weighted by Crippen LogP contribution is -2.31. The number of halogens is 4. The molecule has 1 amide bonds. The zero-order valence-corrected chi connectivity index (χ0v) is 14.1. The summed E-state index contributed by atoms with van der Waals surface area (Å²) in [5.41, 5.74) is 6.30. The summed E-state index contributed by atoms with van der Waals surface area (Å²) in [4.78, 5) is 12.2. The van der Waals surface area contributed by atoms with Gasteiger partial charge in [-0.2, -0.15) is 13.2 Å². The molecule has 132 valence electrons. The van der Waals surface area contributed by atoms with Gasteiger partial charge in [0.1, 0.15) is 0 Å². The summed E-state index contributed by atoms with van der Waals surface area (Å²) >= 11 is 6.01. The maximum atomic E-state index is 13.1. The van der Waals surface area contributed by atoms with Gasteiger partial charge in [-0.05, 0) is 48.6 Å². The normalized spacial score (nSPS) is 19.4. The molecule has 7 heteroatoms. The van der Waals surface area contributed by atoms with Crippen LogP contribution in [0.4, 0.5) is 18.9 Å². The Kier molecular flexibility index (Phi) is 4.64. The Morgan fingerprint density at radius 1 is 1.20 bits per heavy atom. The van der Waals surface area contributed by atoms with Crippen molar-refractivity contribution in [2.45, 2.75) is 25.4 Å². The molecule has 3 rings (SSSR count). The highest BCUT2D eigenvalue weighted by Crippen LogP contribution is 2.51. The van der Waals surface area contributed by atoms with E-state index in [2.05, 4.69) is 10.9 Å². The van der Waals surface area contributed by atoms with E-state index in [9.17, 15) is 18.0 Å². The van der Waals surface area contributed by atoms with E-state index in [1.165, 1.54) is 12.1 Å². The number of rotatable bonds is 4. The van der Waals surface area contributed by atoms with Gasteiger partial charge in [0.2, 0.25) is 5.91 Å². The van der Waals surface area contributed by atoms with Crippen molar-refractivity contribution >= 4 is 23.2 Å². The van der Waals surface area contributed by atoms with Gasteiger partial charge in [-0.15, -0.1) is 0 Å². The third-order valence-corrected chi connectivity index (χ3v) is 4.70. The largest absolute Gasteiger partial charge is 0.416 e. The second kappa shape index (κ2) is 6.59. The first-order valence-corrected chi connectivity index (χ1v) is 8.13. The average molecular weight is 369 g/mol. The van der Waals surface area contributed by atoms with Crippen molar-refractivity contribution in [3.8, 4) is 0 Å². The third kappa shape index (κ3) is 3.90. The van der Waals surface area contributed by atoms with Crippen LogP contribution < -0.4 is 10.9 Å². The predicted molar refractivity (Wildman–Crippen MR) is 90.2 cm³/mol. The van der Waals surface area contributed by atoms with Crippen molar-refractivity contribution in [1.82, 2.24) is 5.43 Å². The van der Waals surface area contributed by atoms with E-state index < -0.39 is 23.6 Å². The number of hydrazine groups is 1. The maximum absolute atomic E-state index is 13.1. The van der Waals surface area contributed by atoms with Crippen LogP contribution in [0.5, 0.6) is 0 Å². The van der Waals surface area contributed by atoms with Gasteiger partial charge in [-0.25, -0.2) is 0 Å². The lowest BCUT2D eigenvalue weighted by Gasteiger charge is -2.13. The fourth-order valence-corrected chi connectivity index (χ4v) is 2.98. The first-order chi connectivity index (χ1) is 11.8. The monoisotopic (exact) mass is 368 g/mol. The topological polar surface area (TPSA) is 41.1 Å². The van der Waals surface area contributed by atoms with Gasteiger partial charge >= 0.3 is 6.18 Å². The molecule has 0 saturated heterocycles. The number of carbonyl (C=O) groups is 1. The number of hydrogen-bond acceptors (Lipinski definition) is 2. The summed E-state index contributed by atoms with van der Waals surface area (Å²) in [6.07, 6.45) is -4.02. The van der Waals surface area contributed by atoms with Crippen molar-refractivity contribution in [2.24, 2.45) is 5.92 Å². The first-order valence-electron chi connectivity index (χ1n) is 7.75. The van der Waals surface area contributed by atoms with Crippen LogP contribution in [0.25, 0.3) is 0 Å². The van der Waals surface area contributed by atoms with Crippen molar-refractivity contribution < 1.29 is 18.0 Å². The molecule has 3 nitrogen and oxygen atoms in total. The lowest BCUT2D eigenvalue weighted by molar-refractivity contribution is -0.138. The van der Waals surface area contributed by atoms with Crippen molar-refractivity contribution in [1.29, 1.82) is 0 Å². The number of aryl methyl sites for hydroxylation is 1. The van der Waals surface area contributed by atoms with Gasteiger partial charge in [0.05, 0.1) is 11.3 Å². The van der Waals surface area contributed by atoms with Crippen LogP contribution in [0, 0.1) is 12.8 Å². The van der Waals surface area contributed by atoms with Crippen LogP contribution in [-0.4, -0.2) is 5.91 Å². The van der Waals surface area contributed by atoms with E-state index in [1.54, 1.807) is 24.3 Å². The van der Waals surface area contributed by atoms with Gasteiger partial charge in [0.15, 0.2) is 0 Å². The van der Waals surface area contributed by atoms with E-state index in [0.717, 1.165) is 11.6 Å². The van der Waals surface area contributed by atoms with E-state index in [1.807, 2.05) is 6.92 Å². The van der Waals surface area contributed by atoms with E-state index in [0.29, 0.717) is 17.1 Å². The number of anilines is 1. The number of nitrogens with one attached hydrogen (secondary N) is 2. The highest BCUT2D eigenvalue weighted by atomic mass is 35.5. The van der Waals surface area contributed by atoms with E-state index in [4.69, 9.17) is 11.6 Å². The summed E-state index contributed by atoms with van der Waals surface area (Å²) in [5.74, 6) is -1.23. The summed E-state index contributed by atoms with van der Waals surface area (Å²) in [6, 6.07) is 10.6. The number of carbonyl (C=O) groups excluding carboxylic acids is 1. The molecule has 2 N–H and O–H groups in total. The zero-order valence-electron chi connectivity index (χ0n) is 13.3. The van der Waals surface area contributed by atoms with Crippen LogP contribution in [0.2, 0.25) is 5.02 Å². The Bertz CT molecular complexity index is 807. The molecule has 0 aromatic heterocycles. The molecule has 2 atom stereocenters. The van der Waals surface area contributed by atoms with Crippen LogP contribution in [0.3, 0.4) is 0 Å². The molecule has 1 aliphatic carbocycles. The second-order valence-electron chi connectivity index (χ2n) is 6.11. The average Bonchev–Trinajstić information content (AvgIpc) is 3.35. The Hall–Kier alpha value is -2.21. The minimum atomic E-state index is -4.42. The van der Waals surface area contributed by atoms with Gasteiger partial charge in [0, 0.05) is 10.9 Å².